The smallest absolute Gasteiger partial charge is 0.187 e. The average Bonchev–Trinajstić information content (AvgIpc) is 0.768. The summed E-state index contributed by atoms with van der Waals surface area (Å²) >= 11 is 0. The Morgan fingerprint density at radius 3 is 0.325 bits per heavy atom. The zero-order valence-corrected chi connectivity index (χ0v) is 68.9. The Morgan fingerprint density at radius 1 is 0.150 bits per heavy atom. The average molecular weight is 1750 g/mol. The Morgan fingerprint density at radius 2 is 0.242 bits per heavy atom. The summed E-state index contributed by atoms with van der Waals surface area (Å²) < 4.78 is 102. The molecule has 30 aliphatic rings. The third kappa shape index (κ3) is 25.4. The van der Waals surface area contributed by atoms with Crippen LogP contribution in [0.2, 0.25) is 0 Å². The van der Waals surface area contributed by atoms with E-state index in [1.165, 1.54) is 95.6 Å². The molecule has 704 valence electrons. The molecule has 30 aliphatic heterocycles. The minimum Gasteiger partial charge on any atom is -0.395 e. The SMILES string of the molecule is CN(CCO)C[C@H]1O[C@@H]2O[C@H]3[C@H](O)[C@H](O)[C@@H](O[C@H]4[C@H](O)[C@@H](O)[C@@H](O[C@H]5[C@H](O)[C@@H](O)[C@@H](O[C@H]6[C@H](O)[C@@H](O)[C@@H](O[C@H]7[C@H](O)[C@@H](O)[C@@H](O[C@H]8[C@H](O)[C@H](O)[C@@H](O[C@H]9[C@H](O)[C@H](O)[C@@H](O[C@H]1[C@H](O)[C@@H]2O)O[C@@H]9CN(C)CCO)O[C@@H]8CN(C)CCO)O[C@@H]7CN(C)CCO)O[C@@H]6CN(C)CCO)O[C@@H]5CN(C)CCO)O[C@@H]4CN(C)CCO)O[C@@H]3CN(C)CCO. The van der Waals surface area contributed by atoms with Gasteiger partial charge in [0.05, 0.1) is 52.9 Å². The summed E-state index contributed by atoms with van der Waals surface area (Å²) in [6.45, 7) is -5.89. The van der Waals surface area contributed by atoms with Crippen LogP contribution in [0.1, 0.15) is 0 Å². The summed E-state index contributed by atoms with van der Waals surface area (Å²) in [6.07, 6.45) is -76.7. The maximum Gasteiger partial charge on any atom is 0.187 e. The lowest BCUT2D eigenvalue weighted by Gasteiger charge is -2.52. The normalized spacial score (nSPS) is 44.2. The molecule has 16 bridgehead atoms. The highest BCUT2D eigenvalue weighted by Gasteiger charge is 2.61. The van der Waals surface area contributed by atoms with E-state index in [0.717, 1.165) is 0 Å². The van der Waals surface area contributed by atoms with Gasteiger partial charge in [-0.1, -0.05) is 0 Å². The Kier molecular flexibility index (Phi) is 40.4. The highest BCUT2D eigenvalue weighted by Crippen LogP contribution is 2.41. The highest BCUT2D eigenvalue weighted by atomic mass is 16.8. The lowest BCUT2D eigenvalue weighted by Crippen LogP contribution is -2.70. The quantitative estimate of drug-likeness (QED) is 0.0297. The summed E-state index contributed by atoms with van der Waals surface area (Å²) in [6, 6.07) is 0. The molecule has 0 aromatic heterocycles. The van der Waals surface area contributed by atoms with Crippen molar-refractivity contribution in [2.75, 3.05) is 214 Å². The van der Waals surface area contributed by atoms with Crippen LogP contribution in [0, 0.1) is 0 Å². The van der Waals surface area contributed by atoms with Gasteiger partial charge in [-0.3, -0.25) is 0 Å². The van der Waals surface area contributed by atoms with Crippen molar-refractivity contribution in [1.29, 1.82) is 0 Å². The van der Waals surface area contributed by atoms with Gasteiger partial charge < -0.3 is 238 Å². The molecule has 24 N–H and O–H groups in total. The fraction of sp³-hybridized carbons (Fsp3) is 1.00. The molecule has 0 unspecified atom stereocenters. The van der Waals surface area contributed by atoms with Crippen LogP contribution in [-0.2, 0) is 75.8 Å². The molecule has 0 spiro atoms. The first-order valence-electron chi connectivity index (χ1n) is 40.8. The molecule has 0 aromatic rings. The van der Waals surface area contributed by atoms with Crippen molar-refractivity contribution in [3.8, 4) is 0 Å². The maximum atomic E-state index is 12.4. The van der Waals surface area contributed by atoms with Gasteiger partial charge in [-0.2, -0.15) is 0 Å². The number of nitrogens with zero attached hydrogens (tertiary/aromatic N) is 8. The largest absolute Gasteiger partial charge is 0.395 e. The molecule has 120 heavy (non-hydrogen) atoms. The Labute approximate surface area is 695 Å². The summed E-state index contributed by atoms with van der Waals surface area (Å²) in [7, 11) is 12.3. The molecule has 48 heteroatoms. The second kappa shape index (κ2) is 47.6. The van der Waals surface area contributed by atoms with Crippen molar-refractivity contribution in [3.63, 3.8) is 0 Å². The van der Waals surface area contributed by atoms with Gasteiger partial charge in [0.25, 0.3) is 0 Å². The zero-order valence-electron chi connectivity index (χ0n) is 68.9. The molecule has 0 radical (unpaired) electrons. The molecule has 0 aliphatic carbocycles. The second-order valence-electron chi connectivity index (χ2n) is 32.9. The van der Waals surface area contributed by atoms with Crippen molar-refractivity contribution in [1.82, 2.24) is 39.2 Å². The van der Waals surface area contributed by atoms with Gasteiger partial charge in [0.2, 0.25) is 0 Å². The fourth-order valence-electron chi connectivity index (χ4n) is 16.5. The lowest BCUT2D eigenvalue weighted by atomic mass is 9.94. The number of hydrogen-bond donors (Lipinski definition) is 24. The molecule has 0 amide bonds. The molecule has 0 saturated carbocycles. The first kappa shape index (κ1) is 102. The highest BCUT2D eigenvalue weighted by molar-refractivity contribution is 5.05. The van der Waals surface area contributed by atoms with Crippen LogP contribution in [0.25, 0.3) is 0 Å². The second-order valence-corrected chi connectivity index (χ2v) is 32.9. The molecule has 40 atom stereocenters. The topological polar surface area (TPSA) is 659 Å². The molecule has 0 aromatic carbocycles. The van der Waals surface area contributed by atoms with Crippen molar-refractivity contribution >= 4 is 0 Å². The van der Waals surface area contributed by atoms with Gasteiger partial charge in [0, 0.05) is 105 Å². The zero-order chi connectivity index (χ0) is 88.0. The molecule has 48 nitrogen and oxygen atoms in total. The van der Waals surface area contributed by atoms with Crippen molar-refractivity contribution in [2.45, 2.75) is 246 Å². The van der Waals surface area contributed by atoms with Crippen LogP contribution in [-0.4, -0.2) is 621 Å². The lowest BCUT2D eigenvalue weighted by molar-refractivity contribution is -0.401. The summed E-state index contributed by atoms with van der Waals surface area (Å²) in [5, 5.41) is 277. The van der Waals surface area contributed by atoms with Gasteiger partial charge >= 0.3 is 0 Å². The van der Waals surface area contributed by atoms with Crippen LogP contribution >= 0.6 is 0 Å². The predicted molar refractivity (Wildman–Crippen MR) is 401 cm³/mol. The van der Waals surface area contributed by atoms with Crippen LogP contribution in [0.5, 0.6) is 0 Å². The van der Waals surface area contributed by atoms with Crippen LogP contribution in [0.3, 0.4) is 0 Å². The summed E-state index contributed by atoms with van der Waals surface area (Å²) in [5.41, 5.74) is 0. The van der Waals surface area contributed by atoms with Gasteiger partial charge in [-0.05, 0) is 56.4 Å². The van der Waals surface area contributed by atoms with E-state index in [-0.39, 0.29) is 105 Å². The number of rotatable bonds is 32. The van der Waals surface area contributed by atoms with Crippen LogP contribution in [0.15, 0.2) is 0 Å². The van der Waals surface area contributed by atoms with E-state index in [9.17, 15) is 123 Å². The van der Waals surface area contributed by atoms with E-state index in [1.807, 2.05) is 0 Å². The minimum absolute atomic E-state index is 0.0373. The number of likely N-dealkylation sites (N-methyl/N-ethyl adjacent to an activating group) is 8. The molecular weight excluding hydrogens is 1620 g/mol. The number of ether oxygens (including phenoxy) is 16. The van der Waals surface area contributed by atoms with Crippen LogP contribution in [0.4, 0.5) is 0 Å². The van der Waals surface area contributed by atoms with E-state index < -0.39 is 299 Å². The Balaban J connectivity index is 1.12. The number of hydrogen-bond acceptors (Lipinski definition) is 48. The van der Waals surface area contributed by atoms with Gasteiger partial charge in [0.1, 0.15) is 195 Å². The van der Waals surface area contributed by atoms with Crippen LogP contribution < -0.4 is 0 Å². The predicted octanol–water partition coefficient (Wildman–Crippen LogP) is -18.0. The van der Waals surface area contributed by atoms with Crippen molar-refractivity contribution in [2.24, 2.45) is 0 Å². The monoisotopic (exact) mass is 1750 g/mol. The van der Waals surface area contributed by atoms with E-state index in [0.29, 0.717) is 0 Å². The van der Waals surface area contributed by atoms with Crippen molar-refractivity contribution < 1.29 is 198 Å². The van der Waals surface area contributed by atoms with E-state index >= 15 is 0 Å². The summed E-state index contributed by atoms with van der Waals surface area (Å²) in [5.74, 6) is 0. The Hall–Kier alpha value is -1.92. The van der Waals surface area contributed by atoms with Gasteiger partial charge in [-0.25, -0.2) is 0 Å². The first-order valence-corrected chi connectivity index (χ1v) is 40.8. The minimum atomic E-state index is -2.19. The number of aliphatic hydroxyl groups is 24. The molecule has 30 rings (SSSR count). The Bertz CT molecular complexity index is 2360. The van der Waals surface area contributed by atoms with E-state index in [4.69, 9.17) is 75.8 Å². The molecule has 30 fully saturated rings. The van der Waals surface area contributed by atoms with Crippen molar-refractivity contribution in [3.05, 3.63) is 0 Å². The third-order valence-electron chi connectivity index (χ3n) is 23.2. The molecule has 30 heterocycles. The van der Waals surface area contributed by atoms with E-state index in [1.54, 1.807) is 0 Å². The first-order chi connectivity index (χ1) is 57.0. The number of aliphatic hydroxyl groups excluding tert-OH is 24. The fourth-order valence-corrected chi connectivity index (χ4v) is 16.5. The molecular formula is C72H136N8O40. The molecule has 30 saturated heterocycles. The van der Waals surface area contributed by atoms with Gasteiger partial charge in [0.15, 0.2) is 50.3 Å². The standard InChI is InChI=1S/C72H136N8O40/c1-73(9-17-81)25-33-57-41(89)49(97)65(105-33)114-58-34(26-74(2)10-18-82)107-67(51(99)43(58)91)116-60-36(28-76(4)12-20-84)109-69(53(101)45(60)93)118-62-38(30-78(6)14-22-86)111-71(55(103)47(62)95)120-64-40(32-80(8)16-24-88)112-72(56(104)48(64)96)119-63-39(31-79(7)15-23-87)110-70(54(102)46(63)94)117-61-37(29-77(5)13-21-85)108-68(52(100)44(61)92)115-59-35(27-75(3)11-19-83)106-66(113-57)50(98)42(59)90/h33-72,81-104H,9-32H2,1-8H3/t33-,34-,35-,36-,37-,38-,39-,40-,41-,42-,43-,44-,45-,46-,47-,48-,49-,50-,51-,52-,53+,54+,55+,56+,57-,58-,59-,60-,61-,62-,63-,64-,65-,66-,67-,68-,69-,70-,71-,72-/m1/s1. The van der Waals surface area contributed by atoms with E-state index in [2.05, 4.69) is 0 Å². The summed E-state index contributed by atoms with van der Waals surface area (Å²) in [4.78, 5) is 12.2. The maximum absolute atomic E-state index is 12.4. The third-order valence-corrected chi connectivity index (χ3v) is 23.2. The van der Waals surface area contributed by atoms with Gasteiger partial charge in [-0.15, -0.1) is 0 Å².